The molecule has 3 atom stereocenters. The van der Waals surface area contributed by atoms with E-state index in [1.807, 2.05) is 6.07 Å². The van der Waals surface area contributed by atoms with Crippen molar-refractivity contribution in [1.29, 1.82) is 0 Å². The second-order valence-corrected chi connectivity index (χ2v) is 7.42. The van der Waals surface area contributed by atoms with Crippen molar-refractivity contribution in [2.45, 2.75) is 37.6 Å². The van der Waals surface area contributed by atoms with Crippen LogP contribution in [0.25, 0.3) is 0 Å². The predicted octanol–water partition coefficient (Wildman–Crippen LogP) is -0.754. The fourth-order valence-corrected chi connectivity index (χ4v) is 4.22. The predicted molar refractivity (Wildman–Crippen MR) is 97.2 cm³/mol. The highest BCUT2D eigenvalue weighted by Gasteiger charge is 2.45. The van der Waals surface area contributed by atoms with Crippen molar-refractivity contribution < 1.29 is 23.9 Å². The summed E-state index contributed by atoms with van der Waals surface area (Å²) in [6, 6.07) is 4.06. The molecule has 1 aromatic rings. The van der Waals surface area contributed by atoms with E-state index in [9.17, 15) is 19.2 Å². The van der Waals surface area contributed by atoms with E-state index in [0.29, 0.717) is 30.8 Å². The van der Waals surface area contributed by atoms with E-state index < -0.39 is 29.7 Å². The Morgan fingerprint density at radius 2 is 1.96 bits per heavy atom. The van der Waals surface area contributed by atoms with Gasteiger partial charge in [-0.25, -0.2) is 0 Å². The van der Waals surface area contributed by atoms with Crippen molar-refractivity contribution in [3.8, 4) is 0 Å². The van der Waals surface area contributed by atoms with Crippen LogP contribution in [0, 0.1) is 0 Å². The number of carbonyl (C=O) groups excluding carboxylic acids is 4. The lowest BCUT2D eigenvalue weighted by atomic mass is 10.0. The van der Waals surface area contributed by atoms with Crippen LogP contribution in [0.15, 0.2) is 18.2 Å². The third kappa shape index (κ3) is 3.01. The van der Waals surface area contributed by atoms with Gasteiger partial charge in [-0.05, 0) is 18.1 Å². The van der Waals surface area contributed by atoms with E-state index in [2.05, 4.69) is 10.2 Å². The minimum atomic E-state index is -0.962. The number of hydrogen-bond donors (Lipinski definition) is 2. The van der Waals surface area contributed by atoms with Gasteiger partial charge in [-0.15, -0.1) is 0 Å². The molecule has 4 rings (SSSR count). The van der Waals surface area contributed by atoms with Gasteiger partial charge in [0.2, 0.25) is 11.8 Å². The molecule has 2 saturated heterocycles. The number of likely N-dealkylation sites (tertiary alicyclic amines) is 1. The summed E-state index contributed by atoms with van der Waals surface area (Å²) in [6.07, 6.45) is 0.164. The number of nitrogens with zero attached hydrogens (tertiary/aromatic N) is 2. The lowest BCUT2D eigenvalue weighted by molar-refractivity contribution is -0.136. The molecule has 0 bridgehead atoms. The van der Waals surface area contributed by atoms with Crippen molar-refractivity contribution in [3.63, 3.8) is 0 Å². The summed E-state index contributed by atoms with van der Waals surface area (Å²) < 4.78 is 5.37. The van der Waals surface area contributed by atoms with Gasteiger partial charge in [-0.1, -0.05) is 12.1 Å². The molecule has 1 unspecified atom stereocenters. The van der Waals surface area contributed by atoms with E-state index in [1.54, 1.807) is 19.2 Å². The Balaban J connectivity index is 1.60. The molecule has 0 aromatic heterocycles. The highest BCUT2D eigenvalue weighted by molar-refractivity contribution is 6.24. The Bertz CT molecular complexity index is 870. The van der Waals surface area contributed by atoms with Crippen LogP contribution in [0.4, 0.5) is 0 Å². The molecule has 3 heterocycles. The zero-order valence-corrected chi connectivity index (χ0v) is 15.5. The van der Waals surface area contributed by atoms with Crippen LogP contribution in [-0.4, -0.2) is 71.8 Å². The number of amides is 4. The summed E-state index contributed by atoms with van der Waals surface area (Å²) in [7, 11) is 1.62. The maximum absolute atomic E-state index is 13.1. The first kappa shape index (κ1) is 18.7. The van der Waals surface area contributed by atoms with Crippen LogP contribution in [0.3, 0.4) is 0 Å². The number of benzene rings is 1. The molecule has 1 aromatic carbocycles. The number of piperidine rings is 1. The standard InChI is InChI=1S/C19H22N4O5/c1-28-14-9-22(8-12(14)20)7-10-3-2-4-11-16(10)19(27)23(18(11)26)13-5-6-15(24)21-17(13)25/h2-4,12-14H,5-9,20H2,1H3,(H,21,24,25)/t12-,13?,14+/m0/s1. The molecule has 0 aliphatic carbocycles. The Labute approximate surface area is 161 Å². The van der Waals surface area contributed by atoms with E-state index in [1.165, 1.54) is 0 Å². The molecule has 0 spiro atoms. The van der Waals surface area contributed by atoms with Crippen LogP contribution in [0.2, 0.25) is 0 Å². The molecule has 3 aliphatic heterocycles. The highest BCUT2D eigenvalue weighted by Crippen LogP contribution is 2.31. The number of rotatable bonds is 4. The normalized spacial score (nSPS) is 28.1. The van der Waals surface area contributed by atoms with Gasteiger partial charge in [-0.2, -0.15) is 0 Å². The van der Waals surface area contributed by atoms with Crippen molar-refractivity contribution in [3.05, 3.63) is 34.9 Å². The maximum Gasteiger partial charge on any atom is 0.262 e. The Hall–Kier alpha value is -2.62. The fourth-order valence-electron chi connectivity index (χ4n) is 4.22. The van der Waals surface area contributed by atoms with Gasteiger partial charge in [-0.3, -0.25) is 34.3 Å². The number of imide groups is 2. The molecule has 9 heteroatoms. The van der Waals surface area contributed by atoms with E-state index >= 15 is 0 Å². The molecule has 4 amide bonds. The minimum absolute atomic E-state index is 0.0749. The molecule has 3 aliphatic rings. The summed E-state index contributed by atoms with van der Waals surface area (Å²) in [5.41, 5.74) is 7.41. The maximum atomic E-state index is 13.1. The number of fused-ring (bicyclic) bond motifs is 1. The van der Waals surface area contributed by atoms with Gasteiger partial charge in [0, 0.05) is 39.2 Å². The van der Waals surface area contributed by atoms with E-state index in [0.717, 1.165) is 10.5 Å². The Morgan fingerprint density at radius 3 is 2.64 bits per heavy atom. The molecule has 0 saturated carbocycles. The second kappa shape index (κ2) is 7.08. The van der Waals surface area contributed by atoms with Gasteiger partial charge in [0.15, 0.2) is 0 Å². The van der Waals surface area contributed by atoms with Gasteiger partial charge in [0.05, 0.1) is 17.2 Å². The lowest BCUT2D eigenvalue weighted by Crippen LogP contribution is -2.54. The third-order valence-electron chi connectivity index (χ3n) is 5.64. The van der Waals surface area contributed by atoms with Crippen molar-refractivity contribution in [1.82, 2.24) is 15.1 Å². The molecular formula is C19H22N4O5. The van der Waals surface area contributed by atoms with Crippen molar-refractivity contribution in [2.75, 3.05) is 20.2 Å². The molecular weight excluding hydrogens is 364 g/mol. The zero-order chi connectivity index (χ0) is 20.0. The first-order valence-corrected chi connectivity index (χ1v) is 9.25. The van der Waals surface area contributed by atoms with Crippen LogP contribution >= 0.6 is 0 Å². The number of carbonyl (C=O) groups is 4. The first-order valence-electron chi connectivity index (χ1n) is 9.25. The number of hydrogen-bond acceptors (Lipinski definition) is 7. The van der Waals surface area contributed by atoms with Gasteiger partial charge in [0.25, 0.3) is 11.8 Å². The molecule has 9 nitrogen and oxygen atoms in total. The SMILES string of the molecule is CO[C@@H]1CN(Cc2cccc3c2C(=O)N(C2CCC(=O)NC2=O)C3=O)C[C@@H]1N. The molecule has 28 heavy (non-hydrogen) atoms. The molecule has 148 valence electrons. The van der Waals surface area contributed by atoms with Gasteiger partial charge < -0.3 is 10.5 Å². The van der Waals surface area contributed by atoms with Crippen LogP contribution < -0.4 is 11.1 Å². The number of nitrogens with two attached hydrogens (primary N) is 1. The van der Waals surface area contributed by atoms with Crippen molar-refractivity contribution in [2.24, 2.45) is 5.73 Å². The van der Waals surface area contributed by atoms with Crippen LogP contribution in [-0.2, 0) is 20.9 Å². The Morgan fingerprint density at radius 1 is 1.18 bits per heavy atom. The molecule has 0 radical (unpaired) electrons. The third-order valence-corrected chi connectivity index (χ3v) is 5.64. The van der Waals surface area contributed by atoms with Gasteiger partial charge >= 0.3 is 0 Å². The van der Waals surface area contributed by atoms with E-state index in [4.69, 9.17) is 10.5 Å². The summed E-state index contributed by atoms with van der Waals surface area (Å²) in [5, 5.41) is 2.20. The average molecular weight is 386 g/mol. The average Bonchev–Trinajstić information content (AvgIpc) is 3.13. The summed E-state index contributed by atoms with van der Waals surface area (Å²) in [5.74, 6) is -1.99. The van der Waals surface area contributed by atoms with Crippen LogP contribution in [0.1, 0.15) is 39.1 Å². The number of nitrogens with one attached hydrogen (secondary N) is 1. The second-order valence-electron chi connectivity index (χ2n) is 7.42. The lowest BCUT2D eigenvalue weighted by Gasteiger charge is -2.28. The van der Waals surface area contributed by atoms with E-state index in [-0.39, 0.29) is 25.0 Å². The monoisotopic (exact) mass is 386 g/mol. The molecule has 2 fully saturated rings. The smallest absolute Gasteiger partial charge is 0.262 e. The summed E-state index contributed by atoms with van der Waals surface area (Å²) in [4.78, 5) is 52.6. The largest absolute Gasteiger partial charge is 0.378 e. The quantitative estimate of drug-likeness (QED) is 0.653. The highest BCUT2D eigenvalue weighted by atomic mass is 16.5. The summed E-state index contributed by atoms with van der Waals surface area (Å²) >= 11 is 0. The van der Waals surface area contributed by atoms with Crippen molar-refractivity contribution >= 4 is 23.6 Å². The Kier molecular flexibility index (Phi) is 4.74. The minimum Gasteiger partial charge on any atom is -0.378 e. The zero-order valence-electron chi connectivity index (χ0n) is 15.5. The fraction of sp³-hybridized carbons (Fsp3) is 0.474. The van der Waals surface area contributed by atoms with Crippen LogP contribution in [0.5, 0.6) is 0 Å². The summed E-state index contributed by atoms with van der Waals surface area (Å²) in [6.45, 7) is 1.72. The topological polar surface area (TPSA) is 122 Å². The van der Waals surface area contributed by atoms with Gasteiger partial charge in [0.1, 0.15) is 6.04 Å². The number of ether oxygens (including phenoxy) is 1. The number of methoxy groups -OCH3 is 1. The molecule has 3 N–H and O–H groups in total. The first-order chi connectivity index (χ1) is 13.4.